The number of aromatic carboxylic acids is 2. The molecule has 0 aliphatic heterocycles. The summed E-state index contributed by atoms with van der Waals surface area (Å²) in [5, 5.41) is 32.4. The highest BCUT2D eigenvalue weighted by Gasteiger charge is 2.12. The number of carboxylic acids is 3. The number of hydrogen-bond acceptors (Lipinski definition) is 25. The van der Waals surface area contributed by atoms with Crippen LogP contribution in [0.25, 0.3) is 0 Å². The summed E-state index contributed by atoms with van der Waals surface area (Å²) >= 11 is 24.0. The van der Waals surface area contributed by atoms with Gasteiger partial charge >= 0.3 is 23.9 Å². The molecule has 0 spiro atoms. The molecule has 3 aromatic carbocycles. The van der Waals surface area contributed by atoms with E-state index in [2.05, 4.69) is 70.7 Å². The van der Waals surface area contributed by atoms with Crippen LogP contribution in [-0.2, 0) is 14.3 Å². The number of carbonyl (C=O) groups is 8. The number of Topliss-reactive ketones (excluding diaryl/α,β-unsaturated/α-hetero) is 1. The number of nitrogens with two attached hydrogens (primary N) is 2. The number of halogens is 4. The summed E-state index contributed by atoms with van der Waals surface area (Å²) in [7, 11) is 7.18. The number of methoxy groups -OCH3 is 5. The van der Waals surface area contributed by atoms with Crippen molar-refractivity contribution in [2.45, 2.75) is 0 Å². The molecule has 31 nitrogen and oxygen atoms in total. The summed E-state index contributed by atoms with van der Waals surface area (Å²) in [4.78, 5) is 127. The van der Waals surface area contributed by atoms with E-state index in [1.165, 1.54) is 115 Å². The fourth-order valence-corrected chi connectivity index (χ4v) is 8.45. The molecule has 112 heavy (non-hydrogen) atoms. The standard InChI is InChI=1S/C12H8Cl2N2.C12H11ClN4.C12H9ClN2O.C12H12N2O5.C8H10N2O2.C8H9NO3.C7H7NO3.C6H5NO2/c13-10-3-1-2-4-11(10)16-12(14)9-5-7-15-8-6-9;13-10-3-1-2-4-11(10)16-12(17-14)9-5-7-15-8-6-9;13-10-3-1-2-4-11(10)15-12(16)9-5-7-14-8-6-9;1-19-10-6-8(4-5-13-10)12(18)14-7-9(15)2-3-11(16)17;1-12-8-4-6(2-3-10-8)7(11)5-9;1-11-7-5-6(3-4-9-7)8(10)12-2;1-11-6-4-5(7(9)10)2-3-8-6;8-6(9)5-1-3-7-4-2-5/h1-8H;1-8H,14H2,(H,16,17);1-8H,(H,15,16);2-6H,7H2,1H3,(H,14,18)(H,16,17);2-4H,5,9H2,1H3;3-5H,1-2H3;2-4H,1H3,(H,9,10);1-4H,(H,8,9)/b;;;3-2-;;;;. The third-order valence-corrected chi connectivity index (χ3v) is 14.5. The maximum Gasteiger partial charge on any atom is 0.338 e. The van der Waals surface area contributed by atoms with Crippen LogP contribution in [0.4, 0.5) is 17.1 Å². The second-order valence-corrected chi connectivity index (χ2v) is 22.3. The first kappa shape index (κ1) is 90.6. The highest BCUT2D eigenvalue weighted by Crippen LogP contribution is 2.27. The first-order valence-electron chi connectivity index (χ1n) is 31.9. The van der Waals surface area contributed by atoms with Crippen molar-refractivity contribution in [3.63, 3.8) is 0 Å². The third-order valence-electron chi connectivity index (χ3n) is 13.2. The van der Waals surface area contributed by atoms with Gasteiger partial charge in [0.2, 0.25) is 23.5 Å². The van der Waals surface area contributed by atoms with Crippen molar-refractivity contribution >= 4 is 122 Å². The Bertz CT molecular complexity index is 4870. The van der Waals surface area contributed by atoms with Crippen LogP contribution in [-0.4, -0.2) is 162 Å². The molecule has 0 bridgehead atoms. The van der Waals surface area contributed by atoms with Gasteiger partial charge in [0, 0.05) is 133 Å². The minimum Gasteiger partial charge on any atom is -0.481 e. The molecule has 11 aromatic rings. The molecule has 0 aliphatic rings. The number of amidine groups is 1. The van der Waals surface area contributed by atoms with Gasteiger partial charge in [-0.15, -0.1) is 0 Å². The molecule has 11 rings (SSSR count). The lowest BCUT2D eigenvalue weighted by Crippen LogP contribution is -2.30. The summed E-state index contributed by atoms with van der Waals surface area (Å²) in [5.74, 6) is 2.60. The Hall–Kier alpha value is -13.8. The fourth-order valence-electron chi connectivity index (χ4n) is 7.70. The lowest BCUT2D eigenvalue weighted by Gasteiger charge is -2.06. The number of benzene rings is 3. The Balaban J connectivity index is 0.000000272. The summed E-state index contributed by atoms with van der Waals surface area (Å²) in [5.41, 5.74) is 13.6. The highest BCUT2D eigenvalue weighted by molar-refractivity contribution is 6.69. The maximum atomic E-state index is 11.8. The van der Waals surface area contributed by atoms with E-state index in [1.807, 2.05) is 60.7 Å². The number of pyridine rings is 8. The summed E-state index contributed by atoms with van der Waals surface area (Å²) < 4.78 is 23.8. The first-order chi connectivity index (χ1) is 54.0. The zero-order valence-corrected chi connectivity index (χ0v) is 63.0. The number of ketones is 2. The first-order valence-corrected chi connectivity index (χ1v) is 33.4. The number of ether oxygens (including phenoxy) is 5. The summed E-state index contributed by atoms with van der Waals surface area (Å²) in [6.45, 7) is -0.277. The van der Waals surface area contributed by atoms with Gasteiger partial charge in [0.25, 0.3) is 11.8 Å². The zero-order chi connectivity index (χ0) is 82.0. The van der Waals surface area contributed by atoms with Crippen molar-refractivity contribution in [2.75, 3.05) is 54.0 Å². The number of esters is 1. The predicted octanol–water partition coefficient (Wildman–Crippen LogP) is 12.0. The van der Waals surface area contributed by atoms with Gasteiger partial charge in [-0.2, -0.15) is 0 Å². The van der Waals surface area contributed by atoms with Gasteiger partial charge in [-0.25, -0.2) is 54.9 Å². The number of para-hydroxylation sites is 3. The van der Waals surface area contributed by atoms with E-state index in [0.717, 1.165) is 17.2 Å². The molecule has 0 atom stereocenters. The monoisotopic (exact) mass is 1600 g/mol. The van der Waals surface area contributed by atoms with E-state index in [-0.39, 0.29) is 41.8 Å². The number of nitrogens with one attached hydrogen (secondary N) is 3. The molecule has 0 aliphatic carbocycles. The molecule has 8 heterocycles. The predicted molar refractivity (Wildman–Crippen MR) is 421 cm³/mol. The number of hydrazine groups is 1. The van der Waals surface area contributed by atoms with E-state index in [1.54, 1.807) is 104 Å². The third kappa shape index (κ3) is 34.4. The zero-order valence-electron chi connectivity index (χ0n) is 60.0. The topological polar surface area (TPSA) is 459 Å². The van der Waals surface area contributed by atoms with Gasteiger partial charge in [-0.3, -0.25) is 39.1 Å². The molecular formula is C77H71Cl4N15O16. The molecule has 35 heteroatoms. The molecular weight excluding hydrogens is 1530 g/mol. The van der Waals surface area contributed by atoms with E-state index in [0.29, 0.717) is 89.1 Å². The smallest absolute Gasteiger partial charge is 0.338 e. The van der Waals surface area contributed by atoms with Crippen LogP contribution >= 0.6 is 46.4 Å². The molecule has 8 aromatic heterocycles. The van der Waals surface area contributed by atoms with E-state index in [4.69, 9.17) is 92.2 Å². The molecule has 0 saturated carbocycles. The normalized spacial score (nSPS) is 10.1. The molecule has 0 saturated heterocycles. The quantitative estimate of drug-likeness (QED) is 0.00668. The Morgan fingerprint density at radius 1 is 0.438 bits per heavy atom. The van der Waals surface area contributed by atoms with Crippen LogP contribution < -0.4 is 46.6 Å². The minimum atomic E-state index is -1.22. The van der Waals surface area contributed by atoms with E-state index < -0.39 is 35.6 Å². The van der Waals surface area contributed by atoms with Crippen molar-refractivity contribution < 1.29 is 77.4 Å². The van der Waals surface area contributed by atoms with Gasteiger partial charge in [0.15, 0.2) is 11.6 Å². The van der Waals surface area contributed by atoms with Crippen molar-refractivity contribution in [3.8, 4) is 23.5 Å². The lowest BCUT2D eigenvalue weighted by atomic mass is 10.2. The highest BCUT2D eigenvalue weighted by atomic mass is 35.5. The summed E-state index contributed by atoms with van der Waals surface area (Å²) in [6.07, 6.45) is 20.1. The number of carboxylic acid groups (broad SMARTS) is 3. The molecule has 0 fully saturated rings. The van der Waals surface area contributed by atoms with Crippen LogP contribution in [0.1, 0.15) is 73.3 Å². The molecule has 578 valence electrons. The molecule has 0 radical (unpaired) electrons. The SMILES string of the molecule is COC(=O)c1ccnc(OC)c1.COc1cc(C(=O)CN)ccn1.COc1cc(C(=O)NCC(=O)/C=C\C(=O)O)ccn1.COc1cc(C(=O)O)ccn1.ClC(=Nc1ccccc1Cl)c1ccncc1.NNC(=Nc1ccccc1Cl)c1ccncc1.O=C(Nc1ccccc1Cl)c1ccncc1.O=C(O)c1ccncc1. The average molecular weight is 1600 g/mol. The van der Waals surface area contributed by atoms with Gasteiger partial charge in [-0.1, -0.05) is 82.8 Å². The second-order valence-electron chi connectivity index (χ2n) is 20.7. The second kappa shape index (κ2) is 51.5. The van der Waals surface area contributed by atoms with E-state index in [9.17, 15) is 38.4 Å². The number of hydrogen-bond donors (Lipinski definition) is 8. The van der Waals surface area contributed by atoms with Crippen molar-refractivity contribution in [3.05, 3.63) is 316 Å². The van der Waals surface area contributed by atoms with Crippen LogP contribution in [0.2, 0.25) is 15.1 Å². The van der Waals surface area contributed by atoms with Crippen LogP contribution in [0.15, 0.2) is 266 Å². The van der Waals surface area contributed by atoms with Gasteiger partial charge in [0.1, 0.15) is 11.0 Å². The number of aliphatic imine (C=N–C) groups is 2. The number of amides is 2. The number of nitrogens with zero attached hydrogens (tertiary/aromatic N) is 10. The maximum absolute atomic E-state index is 11.8. The average Bonchev–Trinajstić information content (AvgIpc) is 0.883. The van der Waals surface area contributed by atoms with Crippen molar-refractivity contribution in [1.82, 2.24) is 50.6 Å². The number of aromatic nitrogens is 8. The van der Waals surface area contributed by atoms with Gasteiger partial charge < -0.3 is 60.8 Å². The Morgan fingerprint density at radius 3 is 1.25 bits per heavy atom. The number of aliphatic carboxylic acids is 1. The van der Waals surface area contributed by atoms with Crippen molar-refractivity contribution in [2.24, 2.45) is 21.6 Å². The van der Waals surface area contributed by atoms with Crippen molar-refractivity contribution in [1.29, 1.82) is 0 Å². The number of anilines is 1. The molecule has 10 N–H and O–H groups in total. The minimum absolute atomic E-state index is 0.00711. The van der Waals surface area contributed by atoms with Gasteiger partial charge in [-0.05, 0) is 115 Å². The number of carbonyl (C=O) groups excluding carboxylic acids is 5. The Labute approximate surface area is 661 Å². The van der Waals surface area contributed by atoms with Crippen LogP contribution in [0.3, 0.4) is 0 Å². The largest absolute Gasteiger partial charge is 0.481 e. The summed E-state index contributed by atoms with van der Waals surface area (Å²) in [6, 6.07) is 47.0. The van der Waals surface area contributed by atoms with E-state index >= 15 is 0 Å². The van der Waals surface area contributed by atoms with Crippen LogP contribution in [0, 0.1) is 0 Å². The Kier molecular flexibility index (Phi) is 41.6. The van der Waals surface area contributed by atoms with Gasteiger partial charge in [0.05, 0.1) is 97.5 Å². The fraction of sp³-hybridized carbons (Fsp3) is 0.0909. The Morgan fingerprint density at radius 2 is 0.821 bits per heavy atom. The lowest BCUT2D eigenvalue weighted by molar-refractivity contribution is -0.131. The van der Waals surface area contributed by atoms with Crippen LogP contribution in [0.5, 0.6) is 23.5 Å². The molecule has 2 amide bonds. The number of rotatable bonds is 20. The molecule has 0 unspecified atom stereocenters.